The van der Waals surface area contributed by atoms with Gasteiger partial charge in [-0.3, -0.25) is 29.3 Å². The molecule has 10 heteroatoms. The normalized spacial score (nSPS) is 10.8. The third-order valence-electron chi connectivity index (χ3n) is 4.84. The third kappa shape index (κ3) is 4.76. The first kappa shape index (κ1) is 22.9. The summed E-state index contributed by atoms with van der Waals surface area (Å²) in [5.74, 6) is -0.584. The zero-order chi connectivity index (χ0) is 22.4. The number of aromatic amines is 1. The van der Waals surface area contributed by atoms with Gasteiger partial charge < -0.3 is 10.6 Å². The summed E-state index contributed by atoms with van der Waals surface area (Å²) in [5.41, 5.74) is 5.14. The summed E-state index contributed by atoms with van der Waals surface area (Å²) < 4.78 is 1.26. The van der Waals surface area contributed by atoms with Crippen LogP contribution in [0.4, 0.5) is 17.2 Å². The molecular weight excluding hydrogens is 390 g/mol. The largest absolute Gasteiger partial charge is 0.383 e. The van der Waals surface area contributed by atoms with E-state index < -0.39 is 22.1 Å². The maximum absolute atomic E-state index is 13.3. The molecule has 0 fully saturated rings. The van der Waals surface area contributed by atoms with E-state index in [2.05, 4.69) is 4.98 Å². The van der Waals surface area contributed by atoms with Gasteiger partial charge in [0.15, 0.2) is 5.69 Å². The predicted molar refractivity (Wildman–Crippen MR) is 115 cm³/mol. The lowest BCUT2D eigenvalue weighted by Gasteiger charge is -2.24. The molecule has 30 heavy (non-hydrogen) atoms. The number of aromatic nitrogens is 2. The van der Waals surface area contributed by atoms with Crippen molar-refractivity contribution in [3.8, 4) is 0 Å². The summed E-state index contributed by atoms with van der Waals surface area (Å²) in [7, 11) is 0. The zero-order valence-electron chi connectivity index (χ0n) is 17.4. The lowest BCUT2D eigenvalue weighted by atomic mass is 10.1. The Bertz CT molecular complexity index is 1060. The summed E-state index contributed by atoms with van der Waals surface area (Å²) in [4.78, 5) is 52.1. The van der Waals surface area contributed by atoms with Gasteiger partial charge in [0.05, 0.1) is 4.92 Å². The zero-order valence-corrected chi connectivity index (χ0v) is 17.4. The van der Waals surface area contributed by atoms with Gasteiger partial charge in [-0.1, -0.05) is 26.7 Å². The highest BCUT2D eigenvalue weighted by atomic mass is 16.6. The van der Waals surface area contributed by atoms with Crippen molar-refractivity contribution in [3.63, 3.8) is 0 Å². The molecule has 162 valence electrons. The summed E-state index contributed by atoms with van der Waals surface area (Å²) in [6.45, 7) is 5.97. The van der Waals surface area contributed by atoms with Crippen LogP contribution in [-0.2, 0) is 6.54 Å². The Hall–Kier alpha value is -3.43. The van der Waals surface area contributed by atoms with E-state index in [4.69, 9.17) is 5.73 Å². The maximum atomic E-state index is 13.3. The number of nitrogens with two attached hydrogens (primary N) is 1. The number of aryl methyl sites for hydroxylation is 1. The summed E-state index contributed by atoms with van der Waals surface area (Å²) in [5, 5.41) is 11.1. The summed E-state index contributed by atoms with van der Waals surface area (Å²) >= 11 is 0. The molecule has 0 radical (unpaired) electrons. The third-order valence-corrected chi connectivity index (χ3v) is 4.84. The van der Waals surface area contributed by atoms with Crippen molar-refractivity contribution in [1.29, 1.82) is 0 Å². The number of hydrogen-bond donors (Lipinski definition) is 2. The number of carbonyl (C=O) groups is 1. The van der Waals surface area contributed by atoms with Crippen molar-refractivity contribution in [2.24, 2.45) is 0 Å². The standard InChI is InChI=1S/C20H27N5O5/c1-4-6-10-23(19(27)14-8-9-15(25(29)30)13(3)12-14)16-17(21)24(11-7-5-2)20(28)22-18(16)26/h8-9,12H,4-7,10-11,21H2,1-3H3,(H,22,26,28). The fourth-order valence-electron chi connectivity index (χ4n) is 3.16. The minimum Gasteiger partial charge on any atom is -0.383 e. The number of amides is 1. The van der Waals surface area contributed by atoms with Crippen LogP contribution in [-0.4, -0.2) is 26.9 Å². The second kappa shape index (κ2) is 9.86. The highest BCUT2D eigenvalue weighted by Gasteiger charge is 2.26. The van der Waals surface area contributed by atoms with Gasteiger partial charge >= 0.3 is 5.69 Å². The Balaban J connectivity index is 2.59. The van der Waals surface area contributed by atoms with Gasteiger partial charge in [-0.2, -0.15) is 0 Å². The van der Waals surface area contributed by atoms with Crippen LogP contribution in [0.25, 0.3) is 0 Å². The first-order valence-electron chi connectivity index (χ1n) is 9.92. The van der Waals surface area contributed by atoms with Crippen molar-refractivity contribution in [3.05, 3.63) is 60.3 Å². The Labute approximate surface area is 173 Å². The van der Waals surface area contributed by atoms with E-state index in [0.717, 1.165) is 12.8 Å². The second-order valence-electron chi connectivity index (χ2n) is 7.07. The average molecular weight is 417 g/mol. The number of nitrogen functional groups attached to an aromatic ring is 1. The first-order chi connectivity index (χ1) is 14.2. The molecule has 0 bridgehead atoms. The van der Waals surface area contributed by atoms with E-state index in [1.165, 1.54) is 34.6 Å². The van der Waals surface area contributed by atoms with Crippen molar-refractivity contribution in [1.82, 2.24) is 9.55 Å². The predicted octanol–water partition coefficient (Wildman–Crippen LogP) is 2.58. The van der Waals surface area contributed by atoms with E-state index in [9.17, 15) is 24.5 Å². The molecule has 0 aliphatic rings. The van der Waals surface area contributed by atoms with Crippen LogP contribution in [0.15, 0.2) is 27.8 Å². The van der Waals surface area contributed by atoms with Crippen LogP contribution in [0.2, 0.25) is 0 Å². The number of hydrogen-bond acceptors (Lipinski definition) is 6. The number of benzene rings is 1. The SMILES string of the molecule is CCCCN(C(=O)c1ccc([N+](=O)[O-])c(C)c1)c1c(N)n(CCCC)c(=O)[nH]c1=O. The number of anilines is 2. The Morgan fingerprint density at radius 3 is 2.47 bits per heavy atom. The van der Waals surface area contributed by atoms with Gasteiger partial charge in [0.25, 0.3) is 17.2 Å². The first-order valence-corrected chi connectivity index (χ1v) is 9.92. The Kier molecular flexibility index (Phi) is 7.51. The molecule has 2 rings (SSSR count). The fraction of sp³-hybridized carbons (Fsp3) is 0.450. The fourth-order valence-corrected chi connectivity index (χ4v) is 3.16. The highest BCUT2D eigenvalue weighted by molar-refractivity contribution is 6.07. The molecule has 1 aromatic carbocycles. The van der Waals surface area contributed by atoms with E-state index in [1.807, 2.05) is 13.8 Å². The highest BCUT2D eigenvalue weighted by Crippen LogP contribution is 2.24. The molecule has 10 nitrogen and oxygen atoms in total. The molecule has 0 saturated heterocycles. The smallest absolute Gasteiger partial charge is 0.330 e. The molecule has 0 spiro atoms. The van der Waals surface area contributed by atoms with Crippen LogP contribution >= 0.6 is 0 Å². The quantitative estimate of drug-likeness (QED) is 0.474. The van der Waals surface area contributed by atoms with Gasteiger partial charge in [0.2, 0.25) is 0 Å². The number of nitrogens with one attached hydrogen (secondary N) is 1. The minimum absolute atomic E-state index is 0.0692. The number of H-pyrrole nitrogens is 1. The number of nitro groups is 1. The number of unbranched alkanes of at least 4 members (excludes halogenated alkanes) is 2. The minimum atomic E-state index is -0.742. The molecule has 0 saturated carbocycles. The van der Waals surface area contributed by atoms with E-state index in [-0.39, 0.29) is 29.3 Å². The van der Waals surface area contributed by atoms with Crippen LogP contribution in [0.3, 0.4) is 0 Å². The van der Waals surface area contributed by atoms with Gasteiger partial charge in [0, 0.05) is 30.3 Å². The number of nitrogens with zero attached hydrogens (tertiary/aromatic N) is 3. The molecule has 1 aromatic heterocycles. The van der Waals surface area contributed by atoms with Crippen LogP contribution in [0.1, 0.15) is 55.5 Å². The van der Waals surface area contributed by atoms with Crippen LogP contribution in [0.5, 0.6) is 0 Å². The summed E-state index contributed by atoms with van der Waals surface area (Å²) in [6, 6.07) is 4.02. The Morgan fingerprint density at radius 1 is 1.23 bits per heavy atom. The second-order valence-corrected chi connectivity index (χ2v) is 7.07. The number of carbonyl (C=O) groups excluding carboxylic acids is 1. The van der Waals surface area contributed by atoms with E-state index in [1.54, 1.807) is 0 Å². The Morgan fingerprint density at radius 2 is 1.90 bits per heavy atom. The molecule has 2 aromatic rings. The molecule has 0 atom stereocenters. The number of nitro benzene ring substituents is 1. The summed E-state index contributed by atoms with van der Waals surface area (Å²) in [6.07, 6.45) is 2.86. The van der Waals surface area contributed by atoms with Gasteiger partial charge in [-0.05, 0) is 31.9 Å². The molecule has 0 aliphatic heterocycles. The maximum Gasteiger partial charge on any atom is 0.330 e. The van der Waals surface area contributed by atoms with Gasteiger partial charge in [0.1, 0.15) is 5.82 Å². The van der Waals surface area contributed by atoms with Gasteiger partial charge in [-0.25, -0.2) is 4.79 Å². The number of rotatable bonds is 9. The van der Waals surface area contributed by atoms with Crippen molar-refractivity contribution in [2.75, 3.05) is 17.2 Å². The topological polar surface area (TPSA) is 144 Å². The van der Waals surface area contributed by atoms with E-state index >= 15 is 0 Å². The van der Waals surface area contributed by atoms with Crippen molar-refractivity contribution >= 4 is 23.1 Å². The monoisotopic (exact) mass is 417 g/mol. The average Bonchev–Trinajstić information content (AvgIpc) is 2.69. The van der Waals surface area contributed by atoms with Crippen molar-refractivity contribution < 1.29 is 9.72 Å². The van der Waals surface area contributed by atoms with Gasteiger partial charge in [-0.15, -0.1) is 0 Å². The molecule has 1 heterocycles. The molecule has 3 N–H and O–H groups in total. The van der Waals surface area contributed by atoms with Crippen LogP contribution < -0.4 is 21.9 Å². The molecular formula is C20H27N5O5. The van der Waals surface area contributed by atoms with E-state index in [0.29, 0.717) is 24.9 Å². The van der Waals surface area contributed by atoms with Crippen LogP contribution in [0, 0.1) is 17.0 Å². The lowest BCUT2D eigenvalue weighted by Crippen LogP contribution is -2.41. The lowest BCUT2D eigenvalue weighted by molar-refractivity contribution is -0.385. The molecule has 0 unspecified atom stereocenters. The molecule has 0 aliphatic carbocycles. The van der Waals surface area contributed by atoms with Crippen molar-refractivity contribution in [2.45, 2.75) is 53.0 Å². The molecule has 1 amide bonds.